The number of nitrogens with one attached hydrogen (secondary N) is 3. The van der Waals surface area contributed by atoms with Crippen molar-refractivity contribution in [2.24, 2.45) is 5.73 Å². The molecular formula is C15H25N5O2. The Hall–Kier alpha value is -1.99. The molecule has 2 amide bonds. The predicted octanol–water partition coefficient (Wildman–Crippen LogP) is 0.575. The molecule has 0 aliphatic carbocycles. The second-order valence-corrected chi connectivity index (χ2v) is 5.11. The summed E-state index contributed by atoms with van der Waals surface area (Å²) < 4.78 is 5.79. The molecule has 1 aromatic rings. The molecule has 0 radical (unpaired) electrons. The van der Waals surface area contributed by atoms with Crippen molar-refractivity contribution in [2.75, 3.05) is 56.6 Å². The summed E-state index contributed by atoms with van der Waals surface area (Å²) in [6, 6.07) is 5.60. The van der Waals surface area contributed by atoms with Crippen LogP contribution in [0.3, 0.4) is 0 Å². The summed E-state index contributed by atoms with van der Waals surface area (Å²) in [7, 11) is 1.58. The highest BCUT2D eigenvalue weighted by atomic mass is 16.5. The molecule has 0 aromatic heterocycles. The molecule has 1 saturated heterocycles. The molecule has 7 heteroatoms. The topological polar surface area (TPSA) is 91.7 Å². The molecule has 1 aliphatic heterocycles. The van der Waals surface area contributed by atoms with Gasteiger partial charge in [0.25, 0.3) is 0 Å². The van der Waals surface area contributed by atoms with Crippen LogP contribution in [0.25, 0.3) is 0 Å². The Morgan fingerprint density at radius 2 is 2.18 bits per heavy atom. The first kappa shape index (κ1) is 16.4. The van der Waals surface area contributed by atoms with Gasteiger partial charge in [0.05, 0.1) is 12.3 Å². The molecule has 122 valence electrons. The Balaban J connectivity index is 2.15. The van der Waals surface area contributed by atoms with Crippen LogP contribution in [0.5, 0.6) is 5.75 Å². The second kappa shape index (κ2) is 8.45. The lowest BCUT2D eigenvalue weighted by Crippen LogP contribution is -2.43. The number of amides is 2. The number of ether oxygens (including phenoxy) is 1. The van der Waals surface area contributed by atoms with Gasteiger partial charge < -0.3 is 31.3 Å². The number of nitrogens with zero attached hydrogens (tertiary/aromatic N) is 1. The van der Waals surface area contributed by atoms with Gasteiger partial charge in [-0.3, -0.25) is 0 Å². The van der Waals surface area contributed by atoms with Crippen LogP contribution in [0.2, 0.25) is 0 Å². The number of rotatable bonds is 6. The van der Waals surface area contributed by atoms with Crippen molar-refractivity contribution in [3.8, 4) is 5.75 Å². The standard InChI is InChI=1S/C15H25N5O2/c1-17-15(21)19-13-4-3-12(20-8-6-18-7-9-20)11-14(13)22-10-2-5-16/h3-4,11,18H,2,5-10,16H2,1H3,(H2,17,19,21). The fraction of sp³-hybridized carbons (Fsp3) is 0.533. The number of hydrogen-bond donors (Lipinski definition) is 4. The lowest BCUT2D eigenvalue weighted by Gasteiger charge is -2.30. The minimum absolute atomic E-state index is 0.265. The molecule has 7 nitrogen and oxygen atoms in total. The maximum Gasteiger partial charge on any atom is 0.319 e. The molecule has 0 unspecified atom stereocenters. The van der Waals surface area contributed by atoms with E-state index in [1.54, 1.807) is 7.05 Å². The maximum absolute atomic E-state index is 11.5. The van der Waals surface area contributed by atoms with Gasteiger partial charge in [-0.05, 0) is 25.1 Å². The summed E-state index contributed by atoms with van der Waals surface area (Å²) in [5.74, 6) is 0.674. The first-order valence-electron chi connectivity index (χ1n) is 7.66. The molecule has 1 fully saturated rings. The molecule has 5 N–H and O–H groups in total. The van der Waals surface area contributed by atoms with Crippen LogP contribution in [0.15, 0.2) is 18.2 Å². The van der Waals surface area contributed by atoms with Gasteiger partial charge >= 0.3 is 6.03 Å². The van der Waals surface area contributed by atoms with Crippen molar-refractivity contribution in [1.82, 2.24) is 10.6 Å². The lowest BCUT2D eigenvalue weighted by molar-refractivity contribution is 0.253. The van der Waals surface area contributed by atoms with Crippen molar-refractivity contribution in [3.63, 3.8) is 0 Å². The third-order valence-electron chi connectivity index (χ3n) is 3.53. The first-order chi connectivity index (χ1) is 10.7. The van der Waals surface area contributed by atoms with Crippen molar-refractivity contribution in [1.29, 1.82) is 0 Å². The Morgan fingerprint density at radius 1 is 1.41 bits per heavy atom. The summed E-state index contributed by atoms with van der Waals surface area (Å²) >= 11 is 0. The fourth-order valence-corrected chi connectivity index (χ4v) is 2.30. The average Bonchev–Trinajstić information content (AvgIpc) is 2.57. The van der Waals surface area contributed by atoms with E-state index in [9.17, 15) is 4.79 Å². The van der Waals surface area contributed by atoms with Crippen LogP contribution in [0, 0.1) is 0 Å². The number of anilines is 2. The van der Waals surface area contributed by atoms with E-state index in [1.807, 2.05) is 18.2 Å². The van der Waals surface area contributed by atoms with Gasteiger partial charge in [0.1, 0.15) is 5.75 Å². The summed E-state index contributed by atoms with van der Waals surface area (Å²) in [5.41, 5.74) is 7.27. The zero-order chi connectivity index (χ0) is 15.8. The van der Waals surface area contributed by atoms with Gasteiger partial charge in [-0.1, -0.05) is 0 Å². The molecule has 0 spiro atoms. The van der Waals surface area contributed by atoms with Crippen molar-refractivity contribution < 1.29 is 9.53 Å². The molecule has 0 atom stereocenters. The van der Waals surface area contributed by atoms with Gasteiger partial charge in [-0.15, -0.1) is 0 Å². The molecule has 0 saturated carbocycles. The summed E-state index contributed by atoms with van der Waals surface area (Å²) in [5, 5.41) is 8.66. The average molecular weight is 307 g/mol. The lowest BCUT2D eigenvalue weighted by atomic mass is 10.2. The minimum Gasteiger partial charge on any atom is -0.491 e. The number of nitrogens with two attached hydrogens (primary N) is 1. The van der Waals surface area contributed by atoms with E-state index in [0.717, 1.165) is 38.3 Å². The Labute approximate surface area is 131 Å². The Kier molecular flexibility index (Phi) is 6.29. The number of piperazine rings is 1. The quantitative estimate of drug-likeness (QED) is 0.577. The van der Waals surface area contributed by atoms with Gasteiger partial charge in [-0.2, -0.15) is 0 Å². The van der Waals surface area contributed by atoms with E-state index in [4.69, 9.17) is 10.5 Å². The summed E-state index contributed by atoms with van der Waals surface area (Å²) in [4.78, 5) is 13.8. The third-order valence-corrected chi connectivity index (χ3v) is 3.53. The van der Waals surface area contributed by atoms with E-state index < -0.39 is 0 Å². The molecule has 1 heterocycles. The summed E-state index contributed by atoms with van der Waals surface area (Å²) in [6.45, 7) is 4.98. The van der Waals surface area contributed by atoms with Crippen molar-refractivity contribution >= 4 is 17.4 Å². The first-order valence-corrected chi connectivity index (χ1v) is 7.66. The molecule has 1 aromatic carbocycles. The molecule has 22 heavy (non-hydrogen) atoms. The normalized spacial score (nSPS) is 14.5. The van der Waals surface area contributed by atoms with Crippen LogP contribution in [0.1, 0.15) is 6.42 Å². The maximum atomic E-state index is 11.5. The Bertz CT molecular complexity index is 489. The van der Waals surface area contributed by atoms with Crippen LogP contribution in [0.4, 0.5) is 16.2 Å². The van der Waals surface area contributed by atoms with Crippen LogP contribution < -0.4 is 31.3 Å². The summed E-state index contributed by atoms with van der Waals surface area (Å²) in [6.07, 6.45) is 0.775. The van der Waals surface area contributed by atoms with E-state index in [2.05, 4.69) is 20.9 Å². The zero-order valence-electron chi connectivity index (χ0n) is 13.0. The Morgan fingerprint density at radius 3 is 2.86 bits per heavy atom. The number of carbonyl (C=O) groups excluding carboxylic acids is 1. The smallest absolute Gasteiger partial charge is 0.319 e. The van der Waals surface area contributed by atoms with Crippen molar-refractivity contribution in [3.05, 3.63) is 18.2 Å². The second-order valence-electron chi connectivity index (χ2n) is 5.11. The highest BCUT2D eigenvalue weighted by Gasteiger charge is 2.14. The van der Waals surface area contributed by atoms with Crippen molar-refractivity contribution in [2.45, 2.75) is 6.42 Å². The van der Waals surface area contributed by atoms with Crippen LogP contribution >= 0.6 is 0 Å². The van der Waals surface area contributed by atoms with E-state index >= 15 is 0 Å². The molecular weight excluding hydrogens is 282 g/mol. The zero-order valence-corrected chi connectivity index (χ0v) is 13.0. The number of urea groups is 1. The largest absolute Gasteiger partial charge is 0.491 e. The molecule has 0 bridgehead atoms. The number of hydrogen-bond acceptors (Lipinski definition) is 5. The highest BCUT2D eigenvalue weighted by Crippen LogP contribution is 2.30. The highest BCUT2D eigenvalue weighted by molar-refractivity contribution is 5.91. The van der Waals surface area contributed by atoms with Gasteiger partial charge in [0.15, 0.2) is 0 Å². The van der Waals surface area contributed by atoms with E-state index in [1.165, 1.54) is 0 Å². The van der Waals surface area contributed by atoms with Crippen LogP contribution in [-0.2, 0) is 0 Å². The van der Waals surface area contributed by atoms with Gasteiger partial charge in [-0.25, -0.2) is 4.79 Å². The van der Waals surface area contributed by atoms with Gasteiger partial charge in [0.2, 0.25) is 0 Å². The third kappa shape index (κ3) is 4.51. The minimum atomic E-state index is -0.265. The van der Waals surface area contributed by atoms with E-state index in [-0.39, 0.29) is 6.03 Å². The number of benzene rings is 1. The number of carbonyl (C=O) groups is 1. The SMILES string of the molecule is CNC(=O)Nc1ccc(N2CCNCC2)cc1OCCCN. The monoisotopic (exact) mass is 307 g/mol. The van der Waals surface area contributed by atoms with Crippen LogP contribution in [-0.4, -0.2) is 52.4 Å². The predicted molar refractivity (Wildman–Crippen MR) is 88.8 cm³/mol. The van der Waals surface area contributed by atoms with E-state index in [0.29, 0.717) is 24.6 Å². The molecule has 2 rings (SSSR count). The fourth-order valence-electron chi connectivity index (χ4n) is 2.30. The van der Waals surface area contributed by atoms with Gasteiger partial charge in [0, 0.05) is 45.0 Å². The molecule has 1 aliphatic rings.